The Bertz CT molecular complexity index is 325. The fourth-order valence-electron chi connectivity index (χ4n) is 0.806. The second kappa shape index (κ2) is 4.35. The Morgan fingerprint density at radius 1 is 1.31 bits per heavy atom. The Hall–Kier alpha value is -0.930. The minimum absolute atomic E-state index is 0.254. The summed E-state index contributed by atoms with van der Waals surface area (Å²) in [4.78, 5) is 10.4. The van der Waals surface area contributed by atoms with Crippen molar-refractivity contribution in [3.8, 4) is 11.5 Å². The van der Waals surface area contributed by atoms with Crippen molar-refractivity contribution < 1.29 is 14.3 Å². The summed E-state index contributed by atoms with van der Waals surface area (Å²) < 4.78 is 9.50. The van der Waals surface area contributed by atoms with E-state index < -0.39 is 5.43 Å². The summed E-state index contributed by atoms with van der Waals surface area (Å²) >= 11 is 10.7. The van der Waals surface area contributed by atoms with Gasteiger partial charge in [0.15, 0.2) is 0 Å². The van der Waals surface area contributed by atoms with Crippen molar-refractivity contribution in [1.29, 1.82) is 0 Å². The van der Waals surface area contributed by atoms with Gasteiger partial charge in [-0.3, -0.25) is 0 Å². The Morgan fingerprint density at radius 2 is 1.92 bits per heavy atom. The molecule has 1 aromatic rings. The summed E-state index contributed by atoms with van der Waals surface area (Å²) in [5, 5.41) is 0.410. The second-order valence-corrected chi connectivity index (χ2v) is 2.91. The van der Waals surface area contributed by atoms with Crippen molar-refractivity contribution in [2.24, 2.45) is 0 Å². The average Bonchev–Trinajstić information content (AvgIpc) is 2.01. The van der Waals surface area contributed by atoms with Crippen LogP contribution in [0.1, 0.15) is 0 Å². The molecule has 0 radical (unpaired) electrons. The molecule has 13 heavy (non-hydrogen) atoms. The molecule has 0 aliphatic heterocycles. The van der Waals surface area contributed by atoms with Gasteiger partial charge in [-0.05, 0) is 12.1 Å². The van der Waals surface area contributed by atoms with Crippen molar-refractivity contribution in [2.45, 2.75) is 0 Å². The molecule has 0 aliphatic carbocycles. The van der Waals surface area contributed by atoms with E-state index in [9.17, 15) is 4.79 Å². The highest BCUT2D eigenvalue weighted by Gasteiger charge is 2.03. The Balaban J connectivity index is 2.94. The van der Waals surface area contributed by atoms with Gasteiger partial charge in [0, 0.05) is 22.7 Å². The van der Waals surface area contributed by atoms with E-state index in [-0.39, 0.29) is 5.75 Å². The lowest BCUT2D eigenvalue weighted by molar-refractivity contribution is 0.225. The summed E-state index contributed by atoms with van der Waals surface area (Å²) in [6.07, 6.45) is 0. The standard InChI is InChI=1S/C8H6Cl2O3/c1-12-6-2-5(9)3-7(4-6)13-8(10)11/h2-4H,1H3. The van der Waals surface area contributed by atoms with Gasteiger partial charge in [0.2, 0.25) is 0 Å². The normalized spacial score (nSPS) is 9.46. The first-order valence-electron chi connectivity index (χ1n) is 3.33. The summed E-state index contributed by atoms with van der Waals surface area (Å²) in [7, 11) is 1.48. The van der Waals surface area contributed by atoms with Gasteiger partial charge in [-0.1, -0.05) is 11.6 Å². The molecule has 3 nitrogen and oxygen atoms in total. The van der Waals surface area contributed by atoms with Crippen molar-refractivity contribution in [3.63, 3.8) is 0 Å². The summed E-state index contributed by atoms with van der Waals surface area (Å²) in [5.74, 6) is 0.754. The molecule has 0 unspecified atom stereocenters. The number of benzene rings is 1. The van der Waals surface area contributed by atoms with E-state index in [4.69, 9.17) is 27.9 Å². The highest BCUT2D eigenvalue weighted by molar-refractivity contribution is 6.61. The van der Waals surface area contributed by atoms with E-state index in [1.165, 1.54) is 19.2 Å². The van der Waals surface area contributed by atoms with Crippen LogP contribution >= 0.6 is 23.2 Å². The number of ether oxygens (including phenoxy) is 2. The van der Waals surface area contributed by atoms with Gasteiger partial charge in [0.05, 0.1) is 7.11 Å². The largest absolute Gasteiger partial charge is 0.497 e. The van der Waals surface area contributed by atoms with Crippen LogP contribution in [0, 0.1) is 0 Å². The number of carbonyl (C=O) groups is 1. The van der Waals surface area contributed by atoms with E-state index in [2.05, 4.69) is 4.74 Å². The van der Waals surface area contributed by atoms with Gasteiger partial charge in [-0.2, -0.15) is 0 Å². The van der Waals surface area contributed by atoms with E-state index in [0.717, 1.165) is 0 Å². The first kappa shape index (κ1) is 10.2. The topological polar surface area (TPSA) is 35.5 Å². The van der Waals surface area contributed by atoms with E-state index in [0.29, 0.717) is 10.8 Å². The molecule has 1 aromatic carbocycles. The van der Waals surface area contributed by atoms with Crippen LogP contribution in [0.25, 0.3) is 0 Å². The van der Waals surface area contributed by atoms with Crippen LogP contribution < -0.4 is 9.47 Å². The zero-order valence-corrected chi connectivity index (χ0v) is 8.22. The first-order valence-corrected chi connectivity index (χ1v) is 4.09. The molecule has 0 atom stereocenters. The summed E-state index contributed by atoms with van der Waals surface area (Å²) in [5.41, 5.74) is -0.913. The van der Waals surface area contributed by atoms with Crippen molar-refractivity contribution in [3.05, 3.63) is 23.2 Å². The highest BCUT2D eigenvalue weighted by Crippen LogP contribution is 2.26. The van der Waals surface area contributed by atoms with Gasteiger partial charge in [-0.15, -0.1) is 0 Å². The fraction of sp³-hybridized carbons (Fsp3) is 0.125. The monoisotopic (exact) mass is 220 g/mol. The maximum atomic E-state index is 10.4. The Labute approximate surface area is 85.2 Å². The molecule has 0 bridgehead atoms. The third kappa shape index (κ3) is 3.13. The maximum absolute atomic E-state index is 10.4. The van der Waals surface area contributed by atoms with E-state index >= 15 is 0 Å². The number of methoxy groups -OCH3 is 1. The van der Waals surface area contributed by atoms with Gasteiger partial charge in [0.25, 0.3) is 0 Å². The lowest BCUT2D eigenvalue weighted by Crippen LogP contribution is -1.96. The smallest absolute Gasteiger partial charge is 0.409 e. The highest BCUT2D eigenvalue weighted by atomic mass is 35.5. The molecule has 0 saturated carbocycles. The van der Waals surface area contributed by atoms with Gasteiger partial charge < -0.3 is 9.47 Å². The number of hydrogen-bond donors (Lipinski definition) is 0. The molecule has 0 spiro atoms. The predicted molar refractivity (Wildman–Crippen MR) is 49.9 cm³/mol. The van der Waals surface area contributed by atoms with Crippen LogP contribution in [0.5, 0.6) is 11.5 Å². The molecule has 0 fully saturated rings. The number of rotatable bonds is 2. The summed E-state index contributed by atoms with van der Waals surface area (Å²) in [6.45, 7) is 0. The Kier molecular flexibility index (Phi) is 3.39. The lowest BCUT2D eigenvalue weighted by Gasteiger charge is -2.03. The van der Waals surface area contributed by atoms with Gasteiger partial charge in [0.1, 0.15) is 11.5 Å². The van der Waals surface area contributed by atoms with Crippen LogP contribution in [-0.4, -0.2) is 12.5 Å². The molecule has 0 N–H and O–H groups in total. The zero-order chi connectivity index (χ0) is 9.84. The van der Waals surface area contributed by atoms with Crippen LogP contribution in [-0.2, 0) is 0 Å². The van der Waals surface area contributed by atoms with Crippen LogP contribution in [0.4, 0.5) is 4.79 Å². The van der Waals surface area contributed by atoms with Crippen molar-refractivity contribution in [1.82, 2.24) is 0 Å². The van der Waals surface area contributed by atoms with E-state index in [1.807, 2.05) is 0 Å². The molecular weight excluding hydrogens is 215 g/mol. The SMILES string of the molecule is COc1cc(Cl)cc(OC(=O)Cl)c1. The predicted octanol–water partition coefficient (Wildman–Crippen LogP) is 3.09. The zero-order valence-electron chi connectivity index (χ0n) is 6.71. The molecular formula is C8H6Cl2O3. The third-order valence-electron chi connectivity index (χ3n) is 1.28. The molecule has 0 aromatic heterocycles. The molecule has 0 amide bonds. The van der Waals surface area contributed by atoms with Gasteiger partial charge in [-0.25, -0.2) is 4.79 Å². The third-order valence-corrected chi connectivity index (χ3v) is 1.57. The van der Waals surface area contributed by atoms with E-state index in [1.54, 1.807) is 6.07 Å². The van der Waals surface area contributed by atoms with Crippen LogP contribution in [0.15, 0.2) is 18.2 Å². The quantitative estimate of drug-likeness (QED) is 0.719. The van der Waals surface area contributed by atoms with Crippen molar-refractivity contribution in [2.75, 3.05) is 7.11 Å². The lowest BCUT2D eigenvalue weighted by atomic mass is 10.3. The molecule has 0 saturated heterocycles. The van der Waals surface area contributed by atoms with Crippen LogP contribution in [0.2, 0.25) is 5.02 Å². The van der Waals surface area contributed by atoms with Gasteiger partial charge >= 0.3 is 5.43 Å². The molecule has 0 aliphatic rings. The average molecular weight is 221 g/mol. The minimum Gasteiger partial charge on any atom is -0.497 e. The molecule has 5 heteroatoms. The maximum Gasteiger partial charge on any atom is 0.409 e. The number of carbonyl (C=O) groups excluding carboxylic acids is 1. The van der Waals surface area contributed by atoms with Crippen molar-refractivity contribution >= 4 is 28.6 Å². The minimum atomic E-state index is -0.913. The second-order valence-electron chi connectivity index (χ2n) is 2.17. The molecule has 70 valence electrons. The Morgan fingerprint density at radius 3 is 2.46 bits per heavy atom. The van der Waals surface area contributed by atoms with Crippen LogP contribution in [0.3, 0.4) is 0 Å². The molecule has 1 rings (SSSR count). The number of halogens is 2. The summed E-state index contributed by atoms with van der Waals surface area (Å²) in [6, 6.07) is 4.56. The number of hydrogen-bond acceptors (Lipinski definition) is 3. The first-order chi connectivity index (χ1) is 6.11. The fourth-order valence-corrected chi connectivity index (χ4v) is 1.11. The molecule has 0 heterocycles.